The molecule has 96 valence electrons. The zero-order valence-electron chi connectivity index (χ0n) is 11.8. The van der Waals surface area contributed by atoms with Gasteiger partial charge in [0.25, 0.3) is 0 Å². The molecule has 0 aromatic rings. The lowest BCUT2D eigenvalue weighted by atomic mass is 10.1. The first-order chi connectivity index (χ1) is 7.52. The maximum absolute atomic E-state index is 3.73. The molecule has 1 N–H and O–H groups in total. The molecule has 0 radical (unpaired) electrons. The number of rotatable bonds is 6. The number of nitrogens with zero attached hydrogens (tertiary/aromatic N) is 1. The minimum absolute atomic E-state index is 0.655. The van der Waals surface area contributed by atoms with E-state index in [0.29, 0.717) is 12.1 Å². The molecular weight excluding hydrogens is 196 g/mol. The van der Waals surface area contributed by atoms with E-state index in [0.717, 1.165) is 18.5 Å². The Hall–Kier alpha value is -0.0800. The lowest BCUT2D eigenvalue weighted by molar-refractivity contribution is 0.172. The molecule has 2 heteroatoms. The van der Waals surface area contributed by atoms with Crippen molar-refractivity contribution in [2.24, 2.45) is 5.92 Å². The molecule has 1 rings (SSSR count). The zero-order valence-corrected chi connectivity index (χ0v) is 11.8. The third kappa shape index (κ3) is 4.06. The van der Waals surface area contributed by atoms with Crippen molar-refractivity contribution in [3.8, 4) is 0 Å². The fraction of sp³-hybridized carbons (Fsp3) is 1.00. The molecule has 0 heterocycles. The highest BCUT2D eigenvalue weighted by Gasteiger charge is 2.22. The quantitative estimate of drug-likeness (QED) is 0.749. The Morgan fingerprint density at radius 2 is 1.75 bits per heavy atom. The fourth-order valence-electron chi connectivity index (χ4n) is 2.94. The van der Waals surface area contributed by atoms with Gasteiger partial charge in [0.05, 0.1) is 0 Å². The van der Waals surface area contributed by atoms with Crippen LogP contribution in [0.25, 0.3) is 0 Å². The summed E-state index contributed by atoms with van der Waals surface area (Å²) < 4.78 is 0. The molecule has 0 amide bonds. The second-order valence-electron chi connectivity index (χ2n) is 5.89. The molecule has 1 saturated carbocycles. The normalized spacial score (nSPS) is 26.2. The van der Waals surface area contributed by atoms with Crippen molar-refractivity contribution in [3.05, 3.63) is 0 Å². The molecule has 16 heavy (non-hydrogen) atoms. The average Bonchev–Trinajstić information content (AvgIpc) is 2.57. The van der Waals surface area contributed by atoms with E-state index in [9.17, 15) is 0 Å². The van der Waals surface area contributed by atoms with Gasteiger partial charge in [-0.3, -0.25) is 4.90 Å². The Labute approximate surface area is 102 Å². The van der Waals surface area contributed by atoms with Crippen LogP contribution in [0.4, 0.5) is 0 Å². The van der Waals surface area contributed by atoms with Gasteiger partial charge in [-0.2, -0.15) is 0 Å². The zero-order chi connectivity index (χ0) is 12.1. The topological polar surface area (TPSA) is 15.3 Å². The summed E-state index contributed by atoms with van der Waals surface area (Å²) in [5.74, 6) is 0.881. The van der Waals surface area contributed by atoms with E-state index in [1.54, 1.807) is 0 Å². The molecule has 2 unspecified atom stereocenters. The second kappa shape index (κ2) is 6.61. The van der Waals surface area contributed by atoms with Crippen molar-refractivity contribution < 1.29 is 0 Å². The van der Waals surface area contributed by atoms with Gasteiger partial charge >= 0.3 is 0 Å². The highest BCUT2D eigenvalue weighted by Crippen LogP contribution is 2.24. The maximum Gasteiger partial charge on any atom is 0.0112 e. The molecule has 0 aliphatic heterocycles. The summed E-state index contributed by atoms with van der Waals surface area (Å²) in [5.41, 5.74) is 0. The molecule has 0 aromatic carbocycles. The van der Waals surface area contributed by atoms with Gasteiger partial charge in [-0.05, 0) is 46.5 Å². The van der Waals surface area contributed by atoms with E-state index in [2.05, 4.69) is 44.8 Å². The fourth-order valence-corrected chi connectivity index (χ4v) is 2.94. The average molecular weight is 226 g/mol. The van der Waals surface area contributed by atoms with Crippen molar-refractivity contribution in [2.75, 3.05) is 13.1 Å². The maximum atomic E-state index is 3.73. The van der Waals surface area contributed by atoms with Crippen LogP contribution in [-0.4, -0.2) is 36.1 Å². The van der Waals surface area contributed by atoms with Crippen LogP contribution >= 0.6 is 0 Å². The van der Waals surface area contributed by atoms with Crippen LogP contribution in [0.5, 0.6) is 0 Å². The van der Waals surface area contributed by atoms with E-state index in [1.807, 2.05) is 0 Å². The summed E-state index contributed by atoms with van der Waals surface area (Å²) >= 11 is 0. The molecule has 2 nitrogen and oxygen atoms in total. The smallest absolute Gasteiger partial charge is 0.0112 e. The van der Waals surface area contributed by atoms with Gasteiger partial charge in [0.2, 0.25) is 0 Å². The Balaban J connectivity index is 2.22. The highest BCUT2D eigenvalue weighted by atomic mass is 15.2. The summed E-state index contributed by atoms with van der Waals surface area (Å²) in [7, 11) is 0. The predicted octanol–water partition coefficient (Wildman–Crippen LogP) is 2.88. The van der Waals surface area contributed by atoms with Crippen LogP contribution in [-0.2, 0) is 0 Å². The van der Waals surface area contributed by atoms with Crippen molar-refractivity contribution in [2.45, 2.75) is 72.0 Å². The molecule has 2 atom stereocenters. The van der Waals surface area contributed by atoms with Crippen molar-refractivity contribution in [1.82, 2.24) is 10.2 Å². The molecule has 0 bridgehead atoms. The first-order valence-electron chi connectivity index (χ1n) is 7.01. The molecule has 0 spiro atoms. The van der Waals surface area contributed by atoms with Gasteiger partial charge in [-0.1, -0.05) is 13.3 Å². The Morgan fingerprint density at radius 3 is 2.19 bits per heavy atom. The van der Waals surface area contributed by atoms with Gasteiger partial charge in [-0.25, -0.2) is 0 Å². The minimum Gasteiger partial charge on any atom is -0.312 e. The Kier molecular flexibility index (Phi) is 5.77. The van der Waals surface area contributed by atoms with Crippen LogP contribution in [0.1, 0.15) is 53.9 Å². The molecule has 1 fully saturated rings. The number of hydrogen-bond donors (Lipinski definition) is 1. The highest BCUT2D eigenvalue weighted by molar-refractivity contribution is 4.80. The third-order valence-electron chi connectivity index (χ3n) is 3.96. The van der Waals surface area contributed by atoms with E-state index < -0.39 is 0 Å². The summed E-state index contributed by atoms with van der Waals surface area (Å²) in [5, 5.41) is 3.73. The molecular formula is C14H30N2. The van der Waals surface area contributed by atoms with Crippen LogP contribution in [0.3, 0.4) is 0 Å². The Morgan fingerprint density at radius 1 is 1.12 bits per heavy atom. The SMILES string of the molecule is CC1CCCC1NCCN(C(C)C)C(C)C. The van der Waals surface area contributed by atoms with E-state index >= 15 is 0 Å². The van der Waals surface area contributed by atoms with Gasteiger partial charge in [0.15, 0.2) is 0 Å². The van der Waals surface area contributed by atoms with E-state index in [4.69, 9.17) is 0 Å². The first kappa shape index (κ1) is 14.0. The number of nitrogens with one attached hydrogen (secondary N) is 1. The summed E-state index contributed by atoms with van der Waals surface area (Å²) in [6.45, 7) is 13.9. The minimum atomic E-state index is 0.655. The third-order valence-corrected chi connectivity index (χ3v) is 3.96. The first-order valence-corrected chi connectivity index (χ1v) is 7.01. The van der Waals surface area contributed by atoms with Crippen molar-refractivity contribution in [3.63, 3.8) is 0 Å². The second-order valence-corrected chi connectivity index (χ2v) is 5.89. The largest absolute Gasteiger partial charge is 0.312 e. The molecule has 0 saturated heterocycles. The Bertz CT molecular complexity index is 181. The lowest BCUT2D eigenvalue weighted by Crippen LogP contribution is -2.43. The molecule has 0 aromatic heterocycles. The van der Waals surface area contributed by atoms with Crippen LogP contribution in [0, 0.1) is 5.92 Å². The van der Waals surface area contributed by atoms with E-state index in [1.165, 1.54) is 25.8 Å². The molecule has 1 aliphatic carbocycles. The summed E-state index contributed by atoms with van der Waals surface area (Å²) in [6, 6.07) is 2.09. The van der Waals surface area contributed by atoms with E-state index in [-0.39, 0.29) is 0 Å². The summed E-state index contributed by atoms with van der Waals surface area (Å²) in [4.78, 5) is 2.56. The van der Waals surface area contributed by atoms with Crippen LogP contribution in [0.2, 0.25) is 0 Å². The van der Waals surface area contributed by atoms with Crippen molar-refractivity contribution in [1.29, 1.82) is 0 Å². The van der Waals surface area contributed by atoms with Gasteiger partial charge in [-0.15, -0.1) is 0 Å². The van der Waals surface area contributed by atoms with Crippen molar-refractivity contribution >= 4 is 0 Å². The monoisotopic (exact) mass is 226 g/mol. The van der Waals surface area contributed by atoms with Gasteiger partial charge in [0, 0.05) is 31.2 Å². The van der Waals surface area contributed by atoms with Gasteiger partial charge in [0.1, 0.15) is 0 Å². The number of hydrogen-bond acceptors (Lipinski definition) is 2. The lowest BCUT2D eigenvalue weighted by Gasteiger charge is -2.31. The summed E-state index contributed by atoms with van der Waals surface area (Å²) in [6.07, 6.45) is 4.21. The van der Waals surface area contributed by atoms with Crippen LogP contribution in [0.15, 0.2) is 0 Å². The van der Waals surface area contributed by atoms with Crippen LogP contribution < -0.4 is 5.32 Å². The van der Waals surface area contributed by atoms with Gasteiger partial charge < -0.3 is 5.32 Å². The standard InChI is InChI=1S/C14H30N2/c1-11(2)16(12(3)4)10-9-15-14-8-6-7-13(14)5/h11-15H,6-10H2,1-5H3. The molecule has 1 aliphatic rings. The predicted molar refractivity (Wildman–Crippen MR) is 71.8 cm³/mol.